The Hall–Kier alpha value is -1.06. The van der Waals surface area contributed by atoms with Crippen molar-refractivity contribution >= 4 is 0 Å². The number of nitrogens with zero attached hydrogens (tertiary/aromatic N) is 1. The largest absolute Gasteiger partial charge is 0.494 e. The molecule has 0 heterocycles. The van der Waals surface area contributed by atoms with E-state index in [-0.39, 0.29) is 0 Å². The molecular formula is C16H26N2O. The van der Waals surface area contributed by atoms with Crippen molar-refractivity contribution in [2.75, 3.05) is 33.3 Å². The molecule has 0 radical (unpaired) electrons. The summed E-state index contributed by atoms with van der Waals surface area (Å²) in [6, 6.07) is 9.06. The molecule has 0 spiro atoms. The second-order valence-electron chi connectivity index (χ2n) is 5.55. The lowest BCUT2D eigenvalue weighted by Gasteiger charge is -2.17. The Labute approximate surface area is 116 Å². The monoisotopic (exact) mass is 262 g/mol. The quantitative estimate of drug-likeness (QED) is 0.692. The molecule has 0 bridgehead atoms. The highest BCUT2D eigenvalue weighted by atomic mass is 16.5. The maximum atomic E-state index is 5.75. The Morgan fingerprint density at radius 3 is 2.89 bits per heavy atom. The standard InChI is InChI=1S/C16H26N2O/c1-14-5-3-6-16(13-14)19-12-4-10-18(2)11-9-17-15-7-8-15/h3,5-6,13,15,17H,4,7-12H2,1-2H3. The number of ether oxygens (including phenoxy) is 1. The third-order valence-corrected chi connectivity index (χ3v) is 3.45. The first-order chi connectivity index (χ1) is 9.24. The molecule has 0 unspecified atom stereocenters. The molecule has 1 aliphatic rings. The van der Waals surface area contributed by atoms with E-state index in [4.69, 9.17) is 4.74 Å². The maximum absolute atomic E-state index is 5.75. The molecule has 1 aromatic carbocycles. The zero-order valence-corrected chi connectivity index (χ0v) is 12.2. The molecule has 0 amide bonds. The van der Waals surface area contributed by atoms with Crippen molar-refractivity contribution in [2.24, 2.45) is 0 Å². The number of nitrogens with one attached hydrogen (secondary N) is 1. The van der Waals surface area contributed by atoms with Crippen LogP contribution in [-0.2, 0) is 0 Å². The molecule has 106 valence electrons. The number of hydrogen-bond donors (Lipinski definition) is 1. The molecule has 0 atom stereocenters. The van der Waals surface area contributed by atoms with Crippen LogP contribution in [0, 0.1) is 6.92 Å². The van der Waals surface area contributed by atoms with Gasteiger partial charge in [-0.05, 0) is 50.9 Å². The summed E-state index contributed by atoms with van der Waals surface area (Å²) in [5, 5.41) is 3.54. The number of benzene rings is 1. The molecule has 1 saturated carbocycles. The Kier molecular flexibility index (Phi) is 5.67. The minimum absolute atomic E-state index is 0.795. The Balaban J connectivity index is 1.50. The summed E-state index contributed by atoms with van der Waals surface area (Å²) < 4.78 is 5.75. The van der Waals surface area contributed by atoms with Gasteiger partial charge in [-0.1, -0.05) is 12.1 Å². The van der Waals surface area contributed by atoms with Gasteiger partial charge in [0.15, 0.2) is 0 Å². The van der Waals surface area contributed by atoms with Crippen molar-refractivity contribution in [3.63, 3.8) is 0 Å². The maximum Gasteiger partial charge on any atom is 0.119 e. The Morgan fingerprint density at radius 2 is 2.16 bits per heavy atom. The summed E-state index contributed by atoms with van der Waals surface area (Å²) >= 11 is 0. The van der Waals surface area contributed by atoms with E-state index in [0.717, 1.165) is 44.5 Å². The van der Waals surface area contributed by atoms with E-state index in [2.05, 4.69) is 36.3 Å². The van der Waals surface area contributed by atoms with E-state index in [0.29, 0.717) is 0 Å². The number of hydrogen-bond acceptors (Lipinski definition) is 3. The highest BCUT2D eigenvalue weighted by Gasteiger charge is 2.19. The van der Waals surface area contributed by atoms with Crippen LogP contribution < -0.4 is 10.1 Å². The van der Waals surface area contributed by atoms with E-state index in [1.807, 2.05) is 12.1 Å². The van der Waals surface area contributed by atoms with Crippen molar-refractivity contribution < 1.29 is 4.74 Å². The van der Waals surface area contributed by atoms with Gasteiger partial charge in [-0.2, -0.15) is 0 Å². The molecular weight excluding hydrogens is 236 g/mol. The zero-order valence-electron chi connectivity index (χ0n) is 12.2. The molecule has 1 N–H and O–H groups in total. The van der Waals surface area contributed by atoms with Gasteiger partial charge in [-0.25, -0.2) is 0 Å². The van der Waals surface area contributed by atoms with Gasteiger partial charge in [0, 0.05) is 25.7 Å². The van der Waals surface area contributed by atoms with E-state index >= 15 is 0 Å². The van der Waals surface area contributed by atoms with Crippen molar-refractivity contribution in [1.29, 1.82) is 0 Å². The molecule has 3 heteroatoms. The van der Waals surface area contributed by atoms with Gasteiger partial charge in [0.2, 0.25) is 0 Å². The van der Waals surface area contributed by atoms with Crippen LogP contribution in [0.1, 0.15) is 24.8 Å². The van der Waals surface area contributed by atoms with Crippen molar-refractivity contribution in [1.82, 2.24) is 10.2 Å². The Morgan fingerprint density at radius 1 is 1.32 bits per heavy atom. The summed E-state index contributed by atoms with van der Waals surface area (Å²) in [5.41, 5.74) is 1.25. The van der Waals surface area contributed by atoms with Crippen LogP contribution in [0.15, 0.2) is 24.3 Å². The van der Waals surface area contributed by atoms with Crippen LogP contribution in [0.4, 0.5) is 0 Å². The van der Waals surface area contributed by atoms with E-state index in [1.54, 1.807) is 0 Å². The van der Waals surface area contributed by atoms with Gasteiger partial charge in [0.25, 0.3) is 0 Å². The van der Waals surface area contributed by atoms with Crippen LogP contribution in [0.2, 0.25) is 0 Å². The van der Waals surface area contributed by atoms with Gasteiger partial charge in [-0.3, -0.25) is 0 Å². The SMILES string of the molecule is Cc1cccc(OCCCN(C)CCNC2CC2)c1. The second-order valence-corrected chi connectivity index (χ2v) is 5.55. The molecule has 1 fully saturated rings. The average Bonchev–Trinajstić information content (AvgIpc) is 3.19. The van der Waals surface area contributed by atoms with Gasteiger partial charge in [-0.15, -0.1) is 0 Å². The summed E-state index contributed by atoms with van der Waals surface area (Å²) in [7, 11) is 2.18. The van der Waals surface area contributed by atoms with Gasteiger partial charge >= 0.3 is 0 Å². The van der Waals surface area contributed by atoms with E-state index < -0.39 is 0 Å². The summed E-state index contributed by atoms with van der Waals surface area (Å²) in [4.78, 5) is 2.37. The number of rotatable bonds is 9. The minimum atomic E-state index is 0.795. The fourth-order valence-corrected chi connectivity index (χ4v) is 2.09. The van der Waals surface area contributed by atoms with Crippen molar-refractivity contribution in [3.05, 3.63) is 29.8 Å². The number of aryl methyl sites for hydroxylation is 1. The van der Waals surface area contributed by atoms with E-state index in [9.17, 15) is 0 Å². The van der Waals surface area contributed by atoms with Gasteiger partial charge in [0.1, 0.15) is 5.75 Å². The topological polar surface area (TPSA) is 24.5 Å². The lowest BCUT2D eigenvalue weighted by Crippen LogP contribution is -2.31. The number of likely N-dealkylation sites (N-methyl/N-ethyl adjacent to an activating group) is 1. The van der Waals surface area contributed by atoms with Crippen molar-refractivity contribution in [3.8, 4) is 5.75 Å². The molecule has 3 nitrogen and oxygen atoms in total. The van der Waals surface area contributed by atoms with Crippen molar-refractivity contribution in [2.45, 2.75) is 32.2 Å². The smallest absolute Gasteiger partial charge is 0.119 e. The lowest BCUT2D eigenvalue weighted by molar-refractivity contribution is 0.262. The van der Waals surface area contributed by atoms with Crippen LogP contribution in [0.3, 0.4) is 0 Å². The Bertz CT molecular complexity index is 377. The molecule has 1 aliphatic carbocycles. The third kappa shape index (κ3) is 6.08. The molecule has 1 aromatic rings. The van der Waals surface area contributed by atoms with Crippen LogP contribution in [-0.4, -0.2) is 44.2 Å². The first-order valence-corrected chi connectivity index (χ1v) is 7.35. The highest BCUT2D eigenvalue weighted by molar-refractivity contribution is 5.27. The molecule has 0 aromatic heterocycles. The summed E-state index contributed by atoms with van der Waals surface area (Å²) in [5.74, 6) is 0.984. The highest BCUT2D eigenvalue weighted by Crippen LogP contribution is 2.18. The summed E-state index contributed by atoms with van der Waals surface area (Å²) in [6.45, 7) is 6.22. The normalized spacial score (nSPS) is 14.9. The van der Waals surface area contributed by atoms with E-state index in [1.165, 1.54) is 18.4 Å². The fraction of sp³-hybridized carbons (Fsp3) is 0.625. The molecule has 0 saturated heterocycles. The average molecular weight is 262 g/mol. The van der Waals surface area contributed by atoms with Crippen LogP contribution in [0.5, 0.6) is 5.75 Å². The first-order valence-electron chi connectivity index (χ1n) is 7.35. The third-order valence-electron chi connectivity index (χ3n) is 3.45. The second kappa shape index (κ2) is 7.51. The molecule has 19 heavy (non-hydrogen) atoms. The minimum Gasteiger partial charge on any atom is -0.494 e. The predicted molar refractivity (Wildman–Crippen MR) is 79.8 cm³/mol. The fourth-order valence-electron chi connectivity index (χ4n) is 2.09. The van der Waals surface area contributed by atoms with Gasteiger partial charge < -0.3 is 15.0 Å². The first kappa shape index (κ1) is 14.4. The summed E-state index contributed by atoms with van der Waals surface area (Å²) in [6.07, 6.45) is 3.82. The molecule has 0 aliphatic heterocycles. The predicted octanol–water partition coefficient (Wildman–Crippen LogP) is 2.45. The molecule has 2 rings (SSSR count). The lowest BCUT2D eigenvalue weighted by atomic mass is 10.2. The van der Waals surface area contributed by atoms with Crippen LogP contribution >= 0.6 is 0 Å². The zero-order chi connectivity index (χ0) is 13.5. The van der Waals surface area contributed by atoms with Gasteiger partial charge in [0.05, 0.1) is 6.61 Å². The van der Waals surface area contributed by atoms with Crippen LogP contribution in [0.25, 0.3) is 0 Å².